The number of likely N-dealkylation sites (N-methyl/N-ethyl adjacent to an activating group) is 1. The van der Waals surface area contributed by atoms with Crippen molar-refractivity contribution < 1.29 is 13.7 Å². The highest BCUT2D eigenvalue weighted by molar-refractivity contribution is 7.98. The molecule has 2 aromatic rings. The first-order chi connectivity index (χ1) is 10.3. The van der Waals surface area contributed by atoms with Crippen LogP contribution in [0.3, 0.4) is 0 Å². The molecule has 3 rings (SSSR count). The molecule has 1 aliphatic heterocycles. The van der Waals surface area contributed by atoms with Crippen molar-refractivity contribution in [1.29, 1.82) is 0 Å². The molecule has 1 aromatic carbocycles. The summed E-state index contributed by atoms with van der Waals surface area (Å²) in [5.41, 5.74) is 0. The fraction of sp³-hybridized carbons (Fsp3) is 0.429. The van der Waals surface area contributed by atoms with Crippen LogP contribution < -0.4 is 5.32 Å². The molecule has 1 aromatic heterocycles. The van der Waals surface area contributed by atoms with Crippen molar-refractivity contribution in [2.45, 2.75) is 22.6 Å². The third-order valence-electron chi connectivity index (χ3n) is 3.42. The number of rotatable bonds is 5. The van der Waals surface area contributed by atoms with Gasteiger partial charge in [-0.2, -0.15) is 4.98 Å². The van der Waals surface area contributed by atoms with Crippen LogP contribution in [0.25, 0.3) is 0 Å². The van der Waals surface area contributed by atoms with Gasteiger partial charge in [-0.15, -0.1) is 11.8 Å². The molecule has 2 heterocycles. The fourth-order valence-corrected chi connectivity index (χ4v) is 3.05. The smallest absolute Gasteiger partial charge is 0.233 e. The van der Waals surface area contributed by atoms with Crippen LogP contribution in [0.1, 0.15) is 17.6 Å². The first-order valence-corrected chi connectivity index (χ1v) is 7.70. The standard InChI is InChI=1S/C14H16FN3O2S/c1-16-12-7-19-6-11(12)14-17-13(18-20-14)8-21-10-4-2-3-9(15)5-10/h2-5,11-12,16H,6-8H2,1H3. The second-order valence-corrected chi connectivity index (χ2v) is 5.88. The van der Waals surface area contributed by atoms with E-state index in [1.807, 2.05) is 13.1 Å². The Hall–Kier alpha value is -1.44. The molecular formula is C14H16FN3O2S. The molecule has 1 saturated heterocycles. The van der Waals surface area contributed by atoms with Gasteiger partial charge in [-0.1, -0.05) is 11.2 Å². The maximum Gasteiger partial charge on any atom is 0.233 e. The van der Waals surface area contributed by atoms with Gasteiger partial charge in [0, 0.05) is 10.9 Å². The number of hydrogen-bond acceptors (Lipinski definition) is 6. The summed E-state index contributed by atoms with van der Waals surface area (Å²) in [5.74, 6) is 1.61. The normalized spacial score (nSPS) is 21.8. The summed E-state index contributed by atoms with van der Waals surface area (Å²) in [6.07, 6.45) is 0. The van der Waals surface area contributed by atoms with Crippen LogP contribution in [0.15, 0.2) is 33.7 Å². The molecule has 2 unspecified atom stereocenters. The Morgan fingerprint density at radius 1 is 1.43 bits per heavy atom. The lowest BCUT2D eigenvalue weighted by Crippen LogP contribution is -2.31. The van der Waals surface area contributed by atoms with Crippen LogP contribution in [-0.2, 0) is 10.5 Å². The number of hydrogen-bond donors (Lipinski definition) is 1. The average Bonchev–Trinajstić information content (AvgIpc) is 3.13. The number of aromatic nitrogens is 2. The maximum absolute atomic E-state index is 13.1. The van der Waals surface area contributed by atoms with Crippen molar-refractivity contribution in [1.82, 2.24) is 15.5 Å². The molecule has 5 nitrogen and oxygen atoms in total. The van der Waals surface area contributed by atoms with Gasteiger partial charge in [0.2, 0.25) is 5.89 Å². The lowest BCUT2D eigenvalue weighted by molar-refractivity contribution is 0.185. The molecule has 7 heteroatoms. The zero-order valence-corrected chi connectivity index (χ0v) is 12.4. The van der Waals surface area contributed by atoms with Crippen LogP contribution in [0.4, 0.5) is 4.39 Å². The quantitative estimate of drug-likeness (QED) is 0.855. The Bertz CT molecular complexity index is 607. The Morgan fingerprint density at radius 3 is 3.14 bits per heavy atom. The molecule has 0 saturated carbocycles. The van der Waals surface area contributed by atoms with Gasteiger partial charge in [-0.25, -0.2) is 4.39 Å². The van der Waals surface area contributed by atoms with Crippen molar-refractivity contribution in [3.8, 4) is 0 Å². The molecule has 1 N–H and O–H groups in total. The minimum atomic E-state index is -0.242. The molecule has 0 bridgehead atoms. The van der Waals surface area contributed by atoms with Crippen molar-refractivity contribution >= 4 is 11.8 Å². The first-order valence-electron chi connectivity index (χ1n) is 6.72. The molecule has 112 valence electrons. The van der Waals surface area contributed by atoms with Crippen molar-refractivity contribution in [2.24, 2.45) is 0 Å². The molecule has 0 radical (unpaired) electrons. The highest BCUT2D eigenvalue weighted by atomic mass is 32.2. The summed E-state index contributed by atoms with van der Waals surface area (Å²) in [6, 6.07) is 6.67. The molecule has 21 heavy (non-hydrogen) atoms. The second-order valence-electron chi connectivity index (χ2n) is 4.83. The van der Waals surface area contributed by atoms with Crippen LogP contribution in [0.5, 0.6) is 0 Å². The third-order valence-corrected chi connectivity index (χ3v) is 4.41. The van der Waals surface area contributed by atoms with E-state index in [9.17, 15) is 4.39 Å². The van der Waals surface area contributed by atoms with Crippen LogP contribution in [0, 0.1) is 5.82 Å². The van der Waals surface area contributed by atoms with E-state index in [1.165, 1.54) is 23.9 Å². The summed E-state index contributed by atoms with van der Waals surface area (Å²) in [5, 5.41) is 7.17. The van der Waals surface area contributed by atoms with Gasteiger partial charge in [0.1, 0.15) is 5.82 Å². The van der Waals surface area contributed by atoms with E-state index in [0.29, 0.717) is 30.7 Å². The molecule has 2 atom stereocenters. The van der Waals surface area contributed by atoms with Gasteiger partial charge >= 0.3 is 0 Å². The molecule has 0 aliphatic carbocycles. The summed E-state index contributed by atoms with van der Waals surface area (Å²) < 4.78 is 23.9. The Labute approximate surface area is 126 Å². The number of halogens is 1. The molecule has 0 spiro atoms. The van der Waals surface area contributed by atoms with Gasteiger partial charge in [0.15, 0.2) is 5.82 Å². The topological polar surface area (TPSA) is 60.2 Å². The third kappa shape index (κ3) is 3.42. The van der Waals surface area contributed by atoms with Crippen molar-refractivity contribution in [3.05, 3.63) is 41.8 Å². The largest absolute Gasteiger partial charge is 0.379 e. The van der Waals surface area contributed by atoms with E-state index in [2.05, 4.69) is 15.5 Å². The van der Waals surface area contributed by atoms with Gasteiger partial charge in [-0.05, 0) is 25.2 Å². The molecule has 1 aliphatic rings. The van der Waals surface area contributed by atoms with E-state index in [-0.39, 0.29) is 17.8 Å². The summed E-state index contributed by atoms with van der Waals surface area (Å²) in [6.45, 7) is 1.24. The molecule has 0 amide bonds. The average molecular weight is 309 g/mol. The number of ether oxygens (including phenoxy) is 1. The predicted molar refractivity (Wildman–Crippen MR) is 76.7 cm³/mol. The monoisotopic (exact) mass is 309 g/mol. The van der Waals surface area contributed by atoms with Gasteiger partial charge < -0.3 is 14.6 Å². The minimum absolute atomic E-state index is 0.0930. The number of nitrogens with zero attached hydrogens (tertiary/aromatic N) is 2. The SMILES string of the molecule is CNC1COCC1c1nc(CSc2cccc(F)c2)no1. The summed E-state index contributed by atoms with van der Waals surface area (Å²) in [4.78, 5) is 5.26. The van der Waals surface area contributed by atoms with E-state index >= 15 is 0 Å². The fourth-order valence-electron chi connectivity index (χ4n) is 2.26. The summed E-state index contributed by atoms with van der Waals surface area (Å²) in [7, 11) is 1.89. The highest BCUT2D eigenvalue weighted by Gasteiger charge is 2.32. The minimum Gasteiger partial charge on any atom is -0.379 e. The molecular weight excluding hydrogens is 293 g/mol. The summed E-state index contributed by atoms with van der Waals surface area (Å²) >= 11 is 1.48. The van der Waals surface area contributed by atoms with Crippen LogP contribution >= 0.6 is 11.8 Å². The van der Waals surface area contributed by atoms with Crippen molar-refractivity contribution in [2.75, 3.05) is 20.3 Å². The Morgan fingerprint density at radius 2 is 2.33 bits per heavy atom. The highest BCUT2D eigenvalue weighted by Crippen LogP contribution is 2.26. The van der Waals surface area contributed by atoms with Crippen LogP contribution in [0.2, 0.25) is 0 Å². The predicted octanol–water partition coefficient (Wildman–Crippen LogP) is 2.20. The van der Waals surface area contributed by atoms with Crippen molar-refractivity contribution in [3.63, 3.8) is 0 Å². The van der Waals surface area contributed by atoms with Gasteiger partial charge in [-0.3, -0.25) is 0 Å². The lowest BCUT2D eigenvalue weighted by Gasteiger charge is -2.11. The Kier molecular flexibility index (Phi) is 4.52. The molecule has 1 fully saturated rings. The zero-order chi connectivity index (χ0) is 14.7. The number of thioether (sulfide) groups is 1. The van der Waals surface area contributed by atoms with E-state index in [0.717, 1.165) is 4.90 Å². The Balaban J connectivity index is 1.63. The van der Waals surface area contributed by atoms with E-state index in [1.54, 1.807) is 6.07 Å². The zero-order valence-electron chi connectivity index (χ0n) is 11.6. The van der Waals surface area contributed by atoms with E-state index in [4.69, 9.17) is 9.26 Å². The van der Waals surface area contributed by atoms with E-state index < -0.39 is 0 Å². The first kappa shape index (κ1) is 14.5. The number of nitrogens with one attached hydrogen (secondary N) is 1. The number of benzene rings is 1. The lowest BCUT2D eigenvalue weighted by atomic mass is 10.0. The van der Waals surface area contributed by atoms with Crippen LogP contribution in [-0.4, -0.2) is 36.4 Å². The maximum atomic E-state index is 13.1. The second kappa shape index (κ2) is 6.55. The van der Waals surface area contributed by atoms with Gasteiger partial charge in [0.25, 0.3) is 0 Å². The van der Waals surface area contributed by atoms with Gasteiger partial charge in [0.05, 0.1) is 24.9 Å².